The summed E-state index contributed by atoms with van der Waals surface area (Å²) >= 11 is 4.60. The lowest BCUT2D eigenvalue weighted by Gasteiger charge is -2.03. The maximum Gasteiger partial charge on any atom is 0.299 e. The van der Waals surface area contributed by atoms with E-state index in [-0.39, 0.29) is 5.82 Å². The maximum absolute atomic E-state index is 13.1. The van der Waals surface area contributed by atoms with Gasteiger partial charge in [0.25, 0.3) is 5.19 Å². The van der Waals surface area contributed by atoms with Crippen LogP contribution in [-0.4, -0.2) is 30.5 Å². The second kappa shape index (κ2) is 7.63. The molecule has 1 heterocycles. The molecule has 0 saturated heterocycles. The van der Waals surface area contributed by atoms with Crippen molar-refractivity contribution in [2.75, 3.05) is 20.3 Å². The Hall–Kier alpha value is -1.09. The standard InChI is InChI=1S/C12H13BrFN3O2S/c1-18-5-4-15-7-11-16-17-12(20-11)19-10-6-8(14)2-3-9(10)13/h2-3,6,15H,4-5,7H2,1H3. The zero-order valence-electron chi connectivity index (χ0n) is 10.7. The molecule has 2 rings (SSSR count). The van der Waals surface area contributed by atoms with E-state index in [1.165, 1.54) is 23.5 Å². The summed E-state index contributed by atoms with van der Waals surface area (Å²) < 4.78 is 24.2. The number of ether oxygens (including phenoxy) is 2. The summed E-state index contributed by atoms with van der Waals surface area (Å²) in [6, 6.07) is 4.23. The second-order valence-corrected chi connectivity index (χ2v) is 5.69. The average molecular weight is 362 g/mol. The van der Waals surface area contributed by atoms with Gasteiger partial charge in [0, 0.05) is 26.3 Å². The fourth-order valence-corrected chi connectivity index (χ4v) is 2.37. The largest absolute Gasteiger partial charge is 0.428 e. The van der Waals surface area contributed by atoms with Crippen molar-refractivity contribution in [3.05, 3.63) is 33.5 Å². The van der Waals surface area contributed by atoms with Crippen LogP contribution in [0.3, 0.4) is 0 Å². The monoisotopic (exact) mass is 361 g/mol. The Balaban J connectivity index is 1.93. The first-order chi connectivity index (χ1) is 9.69. The zero-order chi connectivity index (χ0) is 14.4. The van der Waals surface area contributed by atoms with Crippen molar-refractivity contribution in [2.45, 2.75) is 6.54 Å². The number of hydrogen-bond acceptors (Lipinski definition) is 6. The van der Waals surface area contributed by atoms with Gasteiger partial charge in [0.2, 0.25) is 0 Å². The van der Waals surface area contributed by atoms with E-state index in [1.807, 2.05) is 0 Å². The van der Waals surface area contributed by atoms with Gasteiger partial charge in [-0.15, -0.1) is 5.10 Å². The average Bonchev–Trinajstić information content (AvgIpc) is 2.87. The van der Waals surface area contributed by atoms with Gasteiger partial charge in [-0.1, -0.05) is 16.4 Å². The van der Waals surface area contributed by atoms with Crippen LogP contribution in [0.25, 0.3) is 0 Å². The lowest BCUT2D eigenvalue weighted by atomic mass is 10.3. The molecule has 0 aliphatic rings. The predicted molar refractivity (Wildman–Crippen MR) is 77.7 cm³/mol. The summed E-state index contributed by atoms with van der Waals surface area (Å²) in [6.07, 6.45) is 0. The molecule has 0 atom stereocenters. The van der Waals surface area contributed by atoms with Crippen molar-refractivity contribution < 1.29 is 13.9 Å². The van der Waals surface area contributed by atoms with Gasteiger partial charge >= 0.3 is 0 Å². The fraction of sp³-hybridized carbons (Fsp3) is 0.333. The summed E-state index contributed by atoms with van der Waals surface area (Å²) in [5.74, 6) is 0.00853. The highest BCUT2D eigenvalue weighted by atomic mass is 79.9. The smallest absolute Gasteiger partial charge is 0.299 e. The van der Waals surface area contributed by atoms with Gasteiger partial charge in [-0.05, 0) is 28.1 Å². The number of halogens is 2. The van der Waals surface area contributed by atoms with Crippen molar-refractivity contribution in [1.82, 2.24) is 15.5 Å². The van der Waals surface area contributed by atoms with Gasteiger partial charge in [-0.2, -0.15) is 0 Å². The summed E-state index contributed by atoms with van der Waals surface area (Å²) in [6.45, 7) is 1.97. The lowest BCUT2D eigenvalue weighted by molar-refractivity contribution is 0.199. The SMILES string of the molecule is COCCNCc1nnc(Oc2cc(F)ccc2Br)s1. The van der Waals surface area contributed by atoms with Crippen LogP contribution in [0.5, 0.6) is 10.9 Å². The lowest BCUT2D eigenvalue weighted by Crippen LogP contribution is -2.18. The Morgan fingerprint density at radius 1 is 1.40 bits per heavy atom. The number of aromatic nitrogens is 2. The first-order valence-corrected chi connectivity index (χ1v) is 7.45. The van der Waals surface area contributed by atoms with E-state index in [1.54, 1.807) is 13.2 Å². The minimum atomic E-state index is -0.367. The van der Waals surface area contributed by atoms with Crippen LogP contribution in [0, 0.1) is 5.82 Å². The molecule has 1 aromatic carbocycles. The van der Waals surface area contributed by atoms with Crippen LogP contribution in [0.2, 0.25) is 0 Å². The molecule has 108 valence electrons. The van der Waals surface area contributed by atoms with Crippen molar-refractivity contribution in [2.24, 2.45) is 0 Å². The first kappa shape index (κ1) is 15.3. The Morgan fingerprint density at radius 2 is 2.25 bits per heavy atom. The van der Waals surface area contributed by atoms with Crippen molar-refractivity contribution in [3.8, 4) is 10.9 Å². The maximum atomic E-state index is 13.1. The van der Waals surface area contributed by atoms with E-state index in [0.717, 1.165) is 11.6 Å². The van der Waals surface area contributed by atoms with E-state index < -0.39 is 0 Å². The quantitative estimate of drug-likeness (QED) is 0.768. The molecular formula is C12H13BrFN3O2S. The van der Waals surface area contributed by atoms with Crippen LogP contribution in [0.15, 0.2) is 22.7 Å². The molecule has 5 nitrogen and oxygen atoms in total. The van der Waals surface area contributed by atoms with Gasteiger partial charge in [-0.3, -0.25) is 0 Å². The van der Waals surface area contributed by atoms with Crippen molar-refractivity contribution >= 4 is 27.3 Å². The van der Waals surface area contributed by atoms with Crippen LogP contribution in [0.4, 0.5) is 4.39 Å². The van der Waals surface area contributed by atoms with Gasteiger partial charge < -0.3 is 14.8 Å². The molecule has 0 fully saturated rings. The molecule has 0 aliphatic carbocycles. The summed E-state index contributed by atoms with van der Waals surface area (Å²) in [7, 11) is 1.65. The highest BCUT2D eigenvalue weighted by molar-refractivity contribution is 9.10. The minimum Gasteiger partial charge on any atom is -0.428 e. The Labute approximate surface area is 128 Å². The predicted octanol–water partition coefficient (Wildman–Crippen LogP) is 2.97. The third-order valence-corrected chi connectivity index (χ3v) is 3.75. The number of nitrogens with one attached hydrogen (secondary N) is 1. The molecule has 0 radical (unpaired) electrons. The molecular weight excluding hydrogens is 349 g/mol. The van der Waals surface area contributed by atoms with Crippen LogP contribution < -0.4 is 10.1 Å². The highest BCUT2D eigenvalue weighted by Crippen LogP contribution is 2.31. The minimum absolute atomic E-state index is 0.367. The van der Waals surface area contributed by atoms with Gasteiger partial charge in [0.15, 0.2) is 0 Å². The zero-order valence-corrected chi connectivity index (χ0v) is 13.1. The van der Waals surface area contributed by atoms with Crippen LogP contribution >= 0.6 is 27.3 Å². The van der Waals surface area contributed by atoms with E-state index in [9.17, 15) is 4.39 Å². The van der Waals surface area contributed by atoms with Crippen molar-refractivity contribution in [3.63, 3.8) is 0 Å². The van der Waals surface area contributed by atoms with Crippen LogP contribution in [0.1, 0.15) is 5.01 Å². The van der Waals surface area contributed by atoms with E-state index >= 15 is 0 Å². The molecule has 0 spiro atoms. The third kappa shape index (κ3) is 4.48. The summed E-state index contributed by atoms with van der Waals surface area (Å²) in [5, 5.41) is 12.2. The summed E-state index contributed by atoms with van der Waals surface area (Å²) in [4.78, 5) is 0. The number of hydrogen-bond donors (Lipinski definition) is 1. The molecule has 2 aromatic rings. The number of methoxy groups -OCH3 is 1. The highest BCUT2D eigenvalue weighted by Gasteiger charge is 2.09. The van der Waals surface area contributed by atoms with E-state index in [4.69, 9.17) is 9.47 Å². The molecule has 1 N–H and O–H groups in total. The summed E-state index contributed by atoms with van der Waals surface area (Å²) in [5.41, 5.74) is 0. The first-order valence-electron chi connectivity index (χ1n) is 5.84. The second-order valence-electron chi connectivity index (χ2n) is 3.81. The molecule has 8 heteroatoms. The molecule has 20 heavy (non-hydrogen) atoms. The Morgan fingerprint density at radius 3 is 3.05 bits per heavy atom. The molecule has 0 saturated carbocycles. The third-order valence-electron chi connectivity index (χ3n) is 2.30. The molecule has 1 aromatic heterocycles. The number of rotatable bonds is 7. The van der Waals surface area contributed by atoms with Gasteiger partial charge in [-0.25, -0.2) is 4.39 Å². The molecule has 0 bridgehead atoms. The number of nitrogens with zero attached hydrogens (tertiary/aromatic N) is 2. The Kier molecular flexibility index (Phi) is 5.84. The molecule has 0 unspecified atom stereocenters. The van der Waals surface area contributed by atoms with E-state index in [0.29, 0.717) is 28.6 Å². The van der Waals surface area contributed by atoms with Crippen LogP contribution in [-0.2, 0) is 11.3 Å². The molecule has 0 amide bonds. The van der Waals surface area contributed by atoms with E-state index in [2.05, 4.69) is 31.4 Å². The number of benzene rings is 1. The Bertz CT molecular complexity index is 567. The van der Waals surface area contributed by atoms with Gasteiger partial charge in [0.05, 0.1) is 11.1 Å². The molecule has 0 aliphatic heterocycles. The fourth-order valence-electron chi connectivity index (χ4n) is 1.37. The normalized spacial score (nSPS) is 10.8. The topological polar surface area (TPSA) is 56.3 Å². The van der Waals surface area contributed by atoms with Gasteiger partial charge in [0.1, 0.15) is 16.6 Å². The van der Waals surface area contributed by atoms with Crippen molar-refractivity contribution in [1.29, 1.82) is 0 Å².